The molecule has 1 aromatic rings. The second-order valence-corrected chi connectivity index (χ2v) is 7.88. The molecule has 0 unspecified atom stereocenters. The molecule has 1 aliphatic heterocycles. The number of guanidine groups is 1. The molecular formula is C24H43N5O2. The Bertz CT molecular complexity index is 577. The highest BCUT2D eigenvalue weighted by atomic mass is 16.5. The van der Waals surface area contributed by atoms with Gasteiger partial charge >= 0.3 is 0 Å². The molecule has 0 atom stereocenters. The maximum absolute atomic E-state index is 5.58. The first-order chi connectivity index (χ1) is 15.3. The molecule has 1 heterocycles. The number of benzene rings is 1. The normalized spacial score (nSPS) is 15.3. The number of piperazine rings is 1. The number of hydrogen-bond acceptors (Lipinski definition) is 5. The Labute approximate surface area is 189 Å². The van der Waals surface area contributed by atoms with Crippen LogP contribution in [-0.2, 0) is 9.47 Å². The van der Waals surface area contributed by atoms with Crippen molar-refractivity contribution in [2.75, 3.05) is 84.2 Å². The van der Waals surface area contributed by atoms with Crippen molar-refractivity contribution in [3.63, 3.8) is 0 Å². The summed E-state index contributed by atoms with van der Waals surface area (Å²) in [5.41, 5.74) is 1.34. The third-order valence-electron chi connectivity index (χ3n) is 5.46. The maximum atomic E-state index is 5.58. The minimum Gasteiger partial charge on any atom is -0.379 e. The van der Waals surface area contributed by atoms with E-state index >= 15 is 0 Å². The van der Waals surface area contributed by atoms with Crippen LogP contribution in [0.5, 0.6) is 0 Å². The standard InChI is InChI=1S/C24H43N5O2/c1-3-4-19-30-21-22-31-20-13-27-24(25-2)26-12-8-9-14-28-15-17-29(18-16-28)23-10-6-5-7-11-23/h5-7,10-11H,3-4,8-9,12-22H2,1-2H3,(H2,25,26,27). The fraction of sp³-hybridized carbons (Fsp3) is 0.708. The van der Waals surface area contributed by atoms with E-state index < -0.39 is 0 Å². The Morgan fingerprint density at radius 3 is 2.29 bits per heavy atom. The molecule has 7 heteroatoms. The number of nitrogens with one attached hydrogen (secondary N) is 2. The number of anilines is 1. The first-order valence-electron chi connectivity index (χ1n) is 12.0. The van der Waals surface area contributed by atoms with Crippen molar-refractivity contribution < 1.29 is 9.47 Å². The number of ether oxygens (including phenoxy) is 2. The van der Waals surface area contributed by atoms with Crippen molar-refractivity contribution in [2.24, 2.45) is 4.99 Å². The molecule has 0 aliphatic carbocycles. The van der Waals surface area contributed by atoms with Crippen LogP contribution in [0.3, 0.4) is 0 Å². The predicted molar refractivity (Wildman–Crippen MR) is 130 cm³/mol. The molecule has 0 aromatic heterocycles. The van der Waals surface area contributed by atoms with Gasteiger partial charge in [-0.25, -0.2) is 0 Å². The second kappa shape index (κ2) is 16.8. The highest BCUT2D eigenvalue weighted by Gasteiger charge is 2.16. The van der Waals surface area contributed by atoms with E-state index in [0.717, 1.165) is 64.7 Å². The van der Waals surface area contributed by atoms with Crippen molar-refractivity contribution in [1.82, 2.24) is 15.5 Å². The number of unbranched alkanes of at least 4 members (excludes halogenated alkanes) is 2. The highest BCUT2D eigenvalue weighted by molar-refractivity contribution is 5.79. The molecule has 176 valence electrons. The van der Waals surface area contributed by atoms with E-state index in [0.29, 0.717) is 19.8 Å². The lowest BCUT2D eigenvalue weighted by Gasteiger charge is -2.36. The van der Waals surface area contributed by atoms with Gasteiger partial charge in [0.15, 0.2) is 5.96 Å². The van der Waals surface area contributed by atoms with Gasteiger partial charge in [0, 0.05) is 58.6 Å². The van der Waals surface area contributed by atoms with Crippen LogP contribution in [0.15, 0.2) is 35.3 Å². The monoisotopic (exact) mass is 433 g/mol. The van der Waals surface area contributed by atoms with Crippen LogP contribution in [0.1, 0.15) is 32.6 Å². The largest absolute Gasteiger partial charge is 0.379 e. The van der Waals surface area contributed by atoms with Crippen molar-refractivity contribution in [3.8, 4) is 0 Å². The van der Waals surface area contributed by atoms with E-state index in [1.165, 1.54) is 25.1 Å². The molecule has 0 radical (unpaired) electrons. The Kier molecular flexibility index (Phi) is 13.8. The molecule has 7 nitrogen and oxygen atoms in total. The Balaban J connectivity index is 1.42. The van der Waals surface area contributed by atoms with Gasteiger partial charge in [-0.3, -0.25) is 9.89 Å². The van der Waals surface area contributed by atoms with Gasteiger partial charge in [0.1, 0.15) is 0 Å². The minimum absolute atomic E-state index is 0.650. The average Bonchev–Trinajstić information content (AvgIpc) is 2.82. The topological polar surface area (TPSA) is 61.4 Å². The maximum Gasteiger partial charge on any atom is 0.191 e. The summed E-state index contributed by atoms with van der Waals surface area (Å²) in [7, 11) is 1.81. The number of nitrogens with zero attached hydrogens (tertiary/aromatic N) is 3. The van der Waals surface area contributed by atoms with Gasteiger partial charge in [0.05, 0.1) is 19.8 Å². The van der Waals surface area contributed by atoms with Crippen molar-refractivity contribution in [3.05, 3.63) is 30.3 Å². The summed E-state index contributed by atoms with van der Waals surface area (Å²) in [6.45, 7) is 12.4. The van der Waals surface area contributed by atoms with Gasteiger partial charge in [-0.1, -0.05) is 31.5 Å². The first-order valence-corrected chi connectivity index (χ1v) is 12.0. The third kappa shape index (κ3) is 11.4. The molecule has 1 fully saturated rings. The molecule has 2 N–H and O–H groups in total. The van der Waals surface area contributed by atoms with Gasteiger partial charge in [0.2, 0.25) is 0 Å². The lowest BCUT2D eigenvalue weighted by Crippen LogP contribution is -2.46. The lowest BCUT2D eigenvalue weighted by molar-refractivity contribution is 0.0487. The van der Waals surface area contributed by atoms with Gasteiger partial charge in [-0.2, -0.15) is 0 Å². The molecular weight excluding hydrogens is 390 g/mol. The molecule has 1 aliphatic rings. The van der Waals surface area contributed by atoms with Crippen LogP contribution in [0.4, 0.5) is 5.69 Å². The summed E-state index contributed by atoms with van der Waals surface area (Å²) >= 11 is 0. The Morgan fingerprint density at radius 2 is 1.58 bits per heavy atom. The number of hydrogen-bond donors (Lipinski definition) is 2. The zero-order chi connectivity index (χ0) is 22.0. The van der Waals surface area contributed by atoms with Gasteiger partial charge in [-0.15, -0.1) is 0 Å². The van der Waals surface area contributed by atoms with E-state index in [9.17, 15) is 0 Å². The second-order valence-electron chi connectivity index (χ2n) is 7.88. The summed E-state index contributed by atoms with van der Waals surface area (Å²) in [5, 5.41) is 6.69. The van der Waals surface area contributed by atoms with Crippen molar-refractivity contribution in [2.45, 2.75) is 32.6 Å². The van der Waals surface area contributed by atoms with E-state index in [1.54, 1.807) is 0 Å². The predicted octanol–water partition coefficient (Wildman–Crippen LogP) is 2.59. The fourth-order valence-electron chi connectivity index (χ4n) is 3.57. The van der Waals surface area contributed by atoms with Crippen LogP contribution in [0.2, 0.25) is 0 Å². The van der Waals surface area contributed by atoms with Gasteiger partial charge in [0.25, 0.3) is 0 Å². The van der Waals surface area contributed by atoms with Crippen LogP contribution >= 0.6 is 0 Å². The summed E-state index contributed by atoms with van der Waals surface area (Å²) in [6, 6.07) is 10.7. The molecule has 0 saturated carbocycles. The SMILES string of the molecule is CCCCOCCOCCNC(=NC)NCCCCN1CCN(c2ccccc2)CC1. The van der Waals surface area contributed by atoms with Crippen LogP contribution in [0.25, 0.3) is 0 Å². The Hall–Kier alpha value is -1.83. The lowest BCUT2D eigenvalue weighted by atomic mass is 10.2. The van der Waals surface area contributed by atoms with Crippen LogP contribution in [-0.4, -0.2) is 90.1 Å². The van der Waals surface area contributed by atoms with E-state index in [2.05, 4.69) is 62.7 Å². The Morgan fingerprint density at radius 1 is 0.871 bits per heavy atom. The highest BCUT2D eigenvalue weighted by Crippen LogP contribution is 2.15. The quantitative estimate of drug-likeness (QED) is 0.252. The number of para-hydroxylation sites is 1. The number of rotatable bonds is 15. The molecule has 1 aromatic carbocycles. The molecule has 0 amide bonds. The average molecular weight is 434 g/mol. The minimum atomic E-state index is 0.650. The summed E-state index contributed by atoms with van der Waals surface area (Å²) in [6.07, 6.45) is 4.64. The fourth-order valence-corrected chi connectivity index (χ4v) is 3.57. The van der Waals surface area contributed by atoms with E-state index in [1.807, 2.05) is 7.05 Å². The molecule has 0 bridgehead atoms. The molecule has 2 rings (SSSR count). The molecule has 31 heavy (non-hydrogen) atoms. The summed E-state index contributed by atoms with van der Waals surface area (Å²) < 4.78 is 11.1. The van der Waals surface area contributed by atoms with Crippen LogP contribution in [0, 0.1) is 0 Å². The first kappa shape index (κ1) is 25.4. The summed E-state index contributed by atoms with van der Waals surface area (Å²) in [5.74, 6) is 0.847. The van der Waals surface area contributed by atoms with Crippen LogP contribution < -0.4 is 15.5 Å². The van der Waals surface area contributed by atoms with Gasteiger partial charge in [-0.05, 0) is 37.9 Å². The smallest absolute Gasteiger partial charge is 0.191 e. The zero-order valence-electron chi connectivity index (χ0n) is 19.7. The van der Waals surface area contributed by atoms with Gasteiger partial charge < -0.3 is 25.0 Å². The summed E-state index contributed by atoms with van der Waals surface area (Å²) in [4.78, 5) is 9.34. The van der Waals surface area contributed by atoms with Crippen molar-refractivity contribution >= 4 is 11.6 Å². The third-order valence-corrected chi connectivity index (χ3v) is 5.46. The zero-order valence-corrected chi connectivity index (χ0v) is 19.7. The van der Waals surface area contributed by atoms with E-state index in [-0.39, 0.29) is 0 Å². The van der Waals surface area contributed by atoms with Crippen molar-refractivity contribution in [1.29, 1.82) is 0 Å². The van der Waals surface area contributed by atoms with E-state index in [4.69, 9.17) is 9.47 Å². The molecule has 1 saturated heterocycles. The molecule has 0 spiro atoms. The number of aliphatic imine (C=N–C) groups is 1.